The number of ether oxygens (including phenoxy) is 1. The molecule has 1 atom stereocenters. The number of benzene rings is 2. The highest BCUT2D eigenvalue weighted by Crippen LogP contribution is 2.34. The highest BCUT2D eigenvalue weighted by atomic mass is 35.5. The van der Waals surface area contributed by atoms with Crippen LogP contribution in [0.25, 0.3) is 0 Å². The molecule has 1 saturated heterocycles. The van der Waals surface area contributed by atoms with E-state index in [2.05, 4.69) is 5.32 Å². The highest BCUT2D eigenvalue weighted by Gasteiger charge is 2.34. The summed E-state index contributed by atoms with van der Waals surface area (Å²) in [6, 6.07) is 12.5. The standard InChI is InChI=1S/C22H23Cl2N3O3/c23-15-7-6-8-16(21(15)24)25-20(28)14-27-13-19(22(29)26-11-4-1-5-12-26)30-18-10-3-2-9-17(18)27/h2-3,6-10,19H,1,4-5,11-14H2,(H,25,28)/t19-/m0/s1. The zero-order valence-electron chi connectivity index (χ0n) is 16.4. The predicted molar refractivity (Wildman–Crippen MR) is 119 cm³/mol. The Kier molecular flexibility index (Phi) is 6.35. The first-order valence-electron chi connectivity index (χ1n) is 10.1. The summed E-state index contributed by atoms with van der Waals surface area (Å²) in [7, 11) is 0. The van der Waals surface area contributed by atoms with Crippen LogP contribution in [-0.4, -0.2) is 49.0 Å². The van der Waals surface area contributed by atoms with Crippen molar-refractivity contribution in [2.24, 2.45) is 0 Å². The Labute approximate surface area is 185 Å². The van der Waals surface area contributed by atoms with Gasteiger partial charge in [0.15, 0.2) is 6.10 Å². The number of para-hydroxylation sites is 2. The van der Waals surface area contributed by atoms with Gasteiger partial charge in [-0.1, -0.05) is 41.4 Å². The lowest BCUT2D eigenvalue weighted by atomic mass is 10.1. The van der Waals surface area contributed by atoms with E-state index in [1.165, 1.54) is 0 Å². The van der Waals surface area contributed by atoms with Gasteiger partial charge in [-0.05, 0) is 43.5 Å². The van der Waals surface area contributed by atoms with Crippen LogP contribution >= 0.6 is 23.2 Å². The second-order valence-electron chi connectivity index (χ2n) is 7.49. The van der Waals surface area contributed by atoms with Crippen molar-refractivity contribution < 1.29 is 14.3 Å². The van der Waals surface area contributed by atoms with E-state index < -0.39 is 6.10 Å². The number of halogens is 2. The number of anilines is 2. The Morgan fingerprint density at radius 2 is 1.80 bits per heavy atom. The molecule has 0 aliphatic carbocycles. The van der Waals surface area contributed by atoms with Crippen LogP contribution < -0.4 is 15.0 Å². The number of carbonyl (C=O) groups excluding carboxylic acids is 2. The lowest BCUT2D eigenvalue weighted by molar-refractivity contribution is -0.139. The molecule has 30 heavy (non-hydrogen) atoms. The molecule has 1 N–H and O–H groups in total. The third-order valence-electron chi connectivity index (χ3n) is 5.36. The minimum atomic E-state index is -0.638. The maximum absolute atomic E-state index is 13.0. The van der Waals surface area contributed by atoms with Gasteiger partial charge in [0, 0.05) is 13.1 Å². The summed E-state index contributed by atoms with van der Waals surface area (Å²) >= 11 is 12.2. The molecule has 4 rings (SSSR count). The number of rotatable bonds is 4. The Balaban J connectivity index is 1.50. The molecule has 0 bridgehead atoms. The van der Waals surface area contributed by atoms with Crippen LogP contribution in [0.2, 0.25) is 10.0 Å². The Morgan fingerprint density at radius 3 is 2.60 bits per heavy atom. The quantitative estimate of drug-likeness (QED) is 0.762. The number of nitrogens with one attached hydrogen (secondary N) is 1. The van der Waals surface area contributed by atoms with Crippen molar-refractivity contribution in [3.05, 3.63) is 52.5 Å². The normalized spacial score (nSPS) is 18.4. The number of piperidine rings is 1. The second-order valence-corrected chi connectivity index (χ2v) is 8.28. The number of fused-ring (bicyclic) bond motifs is 1. The first-order valence-corrected chi connectivity index (χ1v) is 10.8. The van der Waals surface area contributed by atoms with Gasteiger partial charge in [-0.15, -0.1) is 0 Å². The summed E-state index contributed by atoms with van der Waals surface area (Å²) in [5.41, 5.74) is 1.24. The van der Waals surface area contributed by atoms with Crippen molar-refractivity contribution in [3.8, 4) is 5.75 Å². The maximum atomic E-state index is 13.0. The number of amides is 2. The second kappa shape index (κ2) is 9.14. The molecule has 6 nitrogen and oxygen atoms in total. The topological polar surface area (TPSA) is 61.9 Å². The molecule has 2 aliphatic rings. The van der Waals surface area contributed by atoms with Crippen LogP contribution in [0.3, 0.4) is 0 Å². The predicted octanol–water partition coefficient (Wildman–Crippen LogP) is 4.21. The minimum absolute atomic E-state index is 0.0208. The van der Waals surface area contributed by atoms with Crippen molar-refractivity contribution >= 4 is 46.4 Å². The molecular weight excluding hydrogens is 425 g/mol. The van der Waals surface area contributed by atoms with Crippen molar-refractivity contribution in [2.75, 3.05) is 36.4 Å². The molecule has 0 radical (unpaired) electrons. The van der Waals surface area contributed by atoms with Crippen molar-refractivity contribution in [3.63, 3.8) is 0 Å². The van der Waals surface area contributed by atoms with Gasteiger partial charge < -0.3 is 19.9 Å². The average molecular weight is 448 g/mol. The van der Waals surface area contributed by atoms with Crippen molar-refractivity contribution in [1.82, 2.24) is 4.90 Å². The molecule has 0 unspecified atom stereocenters. The van der Waals surface area contributed by atoms with E-state index in [0.717, 1.165) is 38.0 Å². The van der Waals surface area contributed by atoms with Crippen LogP contribution in [0.4, 0.5) is 11.4 Å². The largest absolute Gasteiger partial charge is 0.477 e. The van der Waals surface area contributed by atoms with E-state index in [4.69, 9.17) is 27.9 Å². The molecule has 158 valence electrons. The lowest BCUT2D eigenvalue weighted by Gasteiger charge is -2.38. The van der Waals surface area contributed by atoms with E-state index in [9.17, 15) is 9.59 Å². The summed E-state index contributed by atoms with van der Waals surface area (Å²) < 4.78 is 6.01. The number of hydrogen-bond donors (Lipinski definition) is 1. The third kappa shape index (κ3) is 4.50. The van der Waals surface area contributed by atoms with Crippen LogP contribution in [0, 0.1) is 0 Å². The van der Waals surface area contributed by atoms with E-state index >= 15 is 0 Å². The SMILES string of the molecule is O=C(CN1C[C@@H](C(=O)N2CCCCC2)Oc2ccccc21)Nc1cccc(Cl)c1Cl. The summed E-state index contributed by atoms with van der Waals surface area (Å²) in [6.07, 6.45) is 2.54. The fourth-order valence-electron chi connectivity index (χ4n) is 3.87. The lowest BCUT2D eigenvalue weighted by Crippen LogP contribution is -2.52. The molecule has 0 saturated carbocycles. The number of hydrogen-bond acceptors (Lipinski definition) is 4. The van der Waals surface area contributed by atoms with Crippen LogP contribution in [0.15, 0.2) is 42.5 Å². The van der Waals surface area contributed by atoms with E-state index in [1.807, 2.05) is 34.1 Å². The molecule has 0 aromatic heterocycles. The number of likely N-dealkylation sites (tertiary alicyclic amines) is 1. The molecule has 1 fully saturated rings. The first-order chi connectivity index (χ1) is 14.5. The summed E-state index contributed by atoms with van der Waals surface area (Å²) in [5, 5.41) is 3.48. The summed E-state index contributed by atoms with van der Waals surface area (Å²) in [5.74, 6) is 0.334. The van der Waals surface area contributed by atoms with Crippen LogP contribution in [-0.2, 0) is 9.59 Å². The van der Waals surface area contributed by atoms with Gasteiger partial charge in [0.05, 0.1) is 34.5 Å². The van der Waals surface area contributed by atoms with Crippen LogP contribution in [0.1, 0.15) is 19.3 Å². The van der Waals surface area contributed by atoms with Crippen LogP contribution in [0.5, 0.6) is 5.75 Å². The van der Waals surface area contributed by atoms with Gasteiger partial charge in [0.2, 0.25) is 5.91 Å². The molecule has 2 aliphatic heterocycles. The molecule has 0 spiro atoms. The van der Waals surface area contributed by atoms with Gasteiger partial charge in [0.25, 0.3) is 5.91 Å². The van der Waals surface area contributed by atoms with Gasteiger partial charge in [-0.3, -0.25) is 9.59 Å². The zero-order valence-corrected chi connectivity index (χ0v) is 18.0. The van der Waals surface area contributed by atoms with E-state index in [-0.39, 0.29) is 18.4 Å². The fraction of sp³-hybridized carbons (Fsp3) is 0.364. The Morgan fingerprint density at radius 1 is 1.03 bits per heavy atom. The van der Waals surface area contributed by atoms with Gasteiger partial charge in [-0.25, -0.2) is 0 Å². The smallest absolute Gasteiger partial charge is 0.265 e. The molecule has 2 amide bonds. The summed E-state index contributed by atoms with van der Waals surface area (Å²) in [4.78, 5) is 29.5. The monoisotopic (exact) mass is 447 g/mol. The number of carbonyl (C=O) groups is 2. The number of nitrogens with zero attached hydrogens (tertiary/aromatic N) is 2. The fourth-order valence-corrected chi connectivity index (χ4v) is 4.21. The highest BCUT2D eigenvalue weighted by molar-refractivity contribution is 6.44. The van der Waals surface area contributed by atoms with E-state index in [1.54, 1.807) is 18.2 Å². The molecule has 2 heterocycles. The molecular formula is C22H23Cl2N3O3. The first kappa shape index (κ1) is 20.8. The van der Waals surface area contributed by atoms with Gasteiger partial charge >= 0.3 is 0 Å². The Bertz CT molecular complexity index is 947. The summed E-state index contributed by atoms with van der Waals surface area (Å²) in [6.45, 7) is 1.89. The van der Waals surface area contributed by atoms with Gasteiger partial charge in [-0.2, -0.15) is 0 Å². The third-order valence-corrected chi connectivity index (χ3v) is 6.18. The molecule has 2 aromatic carbocycles. The van der Waals surface area contributed by atoms with Gasteiger partial charge in [0.1, 0.15) is 5.75 Å². The average Bonchev–Trinajstić information content (AvgIpc) is 2.77. The van der Waals surface area contributed by atoms with Crippen molar-refractivity contribution in [2.45, 2.75) is 25.4 Å². The Hall–Kier alpha value is -2.44. The zero-order chi connectivity index (χ0) is 21.1. The molecule has 8 heteroatoms. The molecule has 2 aromatic rings. The minimum Gasteiger partial charge on any atom is -0.477 e. The van der Waals surface area contributed by atoms with E-state index in [0.29, 0.717) is 28.0 Å². The van der Waals surface area contributed by atoms with Crippen molar-refractivity contribution in [1.29, 1.82) is 0 Å². The maximum Gasteiger partial charge on any atom is 0.265 e.